The van der Waals surface area contributed by atoms with Crippen LogP contribution in [0.5, 0.6) is 0 Å². The predicted molar refractivity (Wildman–Crippen MR) is 81.4 cm³/mol. The minimum absolute atomic E-state index is 0.00699. The average molecular weight is 301 g/mol. The molecule has 0 saturated heterocycles. The summed E-state index contributed by atoms with van der Waals surface area (Å²) in [5, 5.41) is 12.3. The lowest BCUT2D eigenvalue weighted by Crippen LogP contribution is -2.36. The lowest BCUT2D eigenvalue weighted by molar-refractivity contribution is -0.450. The van der Waals surface area contributed by atoms with Crippen molar-refractivity contribution in [2.45, 2.75) is 12.3 Å². The lowest BCUT2D eigenvalue weighted by Gasteiger charge is -2.28. The molecule has 0 saturated carbocycles. The number of fused-ring (bicyclic) bond motifs is 1. The van der Waals surface area contributed by atoms with E-state index in [-0.39, 0.29) is 23.7 Å². The Morgan fingerprint density at radius 1 is 1.27 bits per heavy atom. The molecule has 2 aliphatic rings. The molecular formula is C17H19NO4. The van der Waals surface area contributed by atoms with E-state index >= 15 is 0 Å². The number of ether oxygens (including phenoxy) is 2. The summed E-state index contributed by atoms with van der Waals surface area (Å²) in [6.45, 7) is 0.352. The summed E-state index contributed by atoms with van der Waals surface area (Å²) in [6.07, 6.45) is 2.24. The van der Waals surface area contributed by atoms with Crippen molar-refractivity contribution >= 4 is 11.7 Å². The summed E-state index contributed by atoms with van der Waals surface area (Å²) < 4.78 is 11.2. The largest absolute Gasteiger partial charge is 0.624 e. The molecule has 116 valence electrons. The van der Waals surface area contributed by atoms with Gasteiger partial charge >= 0.3 is 5.97 Å². The van der Waals surface area contributed by atoms with Crippen LogP contribution in [0.1, 0.15) is 17.9 Å². The van der Waals surface area contributed by atoms with Gasteiger partial charge in [-0.2, -0.15) is 0 Å². The number of esters is 1. The van der Waals surface area contributed by atoms with Crippen LogP contribution in [0, 0.1) is 17.0 Å². The highest BCUT2D eigenvalue weighted by molar-refractivity contribution is 5.99. The second-order valence-corrected chi connectivity index (χ2v) is 5.68. The van der Waals surface area contributed by atoms with Gasteiger partial charge in [-0.05, 0) is 5.56 Å². The number of allylic oxidation sites excluding steroid dienone is 2. The quantitative estimate of drug-likeness (QED) is 0.487. The molecule has 3 atom stereocenters. The van der Waals surface area contributed by atoms with Gasteiger partial charge in [-0.15, -0.1) is 0 Å². The Kier molecular flexibility index (Phi) is 3.88. The monoisotopic (exact) mass is 301 g/mol. The average Bonchev–Trinajstić information content (AvgIpc) is 2.91. The van der Waals surface area contributed by atoms with Gasteiger partial charge in [-0.25, -0.2) is 4.74 Å². The van der Waals surface area contributed by atoms with Crippen LogP contribution in [0.25, 0.3) is 0 Å². The maximum atomic E-state index is 12.3. The first-order valence-electron chi connectivity index (χ1n) is 7.34. The smallest absolute Gasteiger partial charge is 0.310 e. The van der Waals surface area contributed by atoms with Crippen molar-refractivity contribution in [3.63, 3.8) is 0 Å². The van der Waals surface area contributed by atoms with E-state index in [2.05, 4.69) is 0 Å². The molecule has 0 aromatic heterocycles. The zero-order valence-corrected chi connectivity index (χ0v) is 12.7. The zero-order valence-electron chi connectivity index (χ0n) is 12.7. The third-order valence-electron chi connectivity index (χ3n) is 4.58. The molecule has 1 heterocycles. The first-order chi connectivity index (χ1) is 10.7. The van der Waals surface area contributed by atoms with E-state index in [9.17, 15) is 10.0 Å². The molecular weight excluding hydrogens is 282 g/mol. The molecule has 1 aromatic rings. The van der Waals surface area contributed by atoms with Gasteiger partial charge < -0.3 is 14.7 Å². The van der Waals surface area contributed by atoms with Crippen LogP contribution in [0.4, 0.5) is 0 Å². The number of hydrogen-bond acceptors (Lipinski definition) is 4. The van der Waals surface area contributed by atoms with Crippen LogP contribution in [0.15, 0.2) is 42.2 Å². The van der Waals surface area contributed by atoms with Crippen LogP contribution in [0.2, 0.25) is 0 Å². The van der Waals surface area contributed by atoms with Gasteiger partial charge in [0.25, 0.3) is 0 Å². The van der Waals surface area contributed by atoms with Gasteiger partial charge in [-0.3, -0.25) is 4.79 Å². The second-order valence-electron chi connectivity index (χ2n) is 5.68. The van der Waals surface area contributed by atoms with Crippen molar-refractivity contribution in [1.29, 1.82) is 0 Å². The highest BCUT2D eigenvalue weighted by atomic mass is 16.5. The van der Waals surface area contributed by atoms with Crippen molar-refractivity contribution < 1.29 is 19.0 Å². The van der Waals surface area contributed by atoms with Gasteiger partial charge in [0.05, 0.1) is 32.0 Å². The summed E-state index contributed by atoms with van der Waals surface area (Å²) in [5.74, 6) is -0.194. The summed E-state index contributed by atoms with van der Waals surface area (Å²) in [7, 11) is 2.94. The summed E-state index contributed by atoms with van der Waals surface area (Å²) >= 11 is 0. The highest BCUT2D eigenvalue weighted by Gasteiger charge is 2.50. The number of hydrogen-bond donors (Lipinski definition) is 0. The van der Waals surface area contributed by atoms with Crippen LogP contribution < -0.4 is 0 Å². The van der Waals surface area contributed by atoms with E-state index in [0.717, 1.165) is 10.3 Å². The van der Waals surface area contributed by atoms with Gasteiger partial charge in [0.1, 0.15) is 5.76 Å². The molecule has 3 rings (SSSR count). The number of rotatable bonds is 3. The number of benzene rings is 1. The van der Waals surface area contributed by atoms with Gasteiger partial charge in [0, 0.05) is 12.5 Å². The Bertz CT molecular complexity index is 635. The van der Waals surface area contributed by atoms with E-state index in [1.54, 1.807) is 13.2 Å². The van der Waals surface area contributed by atoms with E-state index in [0.29, 0.717) is 24.4 Å². The minimum atomic E-state index is -0.385. The number of carbonyl (C=O) groups is 1. The number of methoxy groups -OCH3 is 2. The molecule has 0 spiro atoms. The molecule has 5 nitrogen and oxygen atoms in total. The lowest BCUT2D eigenvalue weighted by atomic mass is 9.73. The molecule has 0 radical (unpaired) electrons. The summed E-state index contributed by atoms with van der Waals surface area (Å²) in [4.78, 5) is 12.2. The molecule has 3 unspecified atom stereocenters. The van der Waals surface area contributed by atoms with Crippen LogP contribution in [-0.4, -0.2) is 37.2 Å². The maximum absolute atomic E-state index is 12.3. The molecule has 0 amide bonds. The van der Waals surface area contributed by atoms with E-state index < -0.39 is 0 Å². The van der Waals surface area contributed by atoms with Crippen LogP contribution >= 0.6 is 0 Å². The molecule has 1 aliphatic heterocycles. The molecule has 1 aliphatic carbocycles. The SMILES string of the molecule is COC(=O)C1CC(OC)=CC2=[N+]([O-])CC(c3ccccc3)C21. The van der Waals surface area contributed by atoms with Gasteiger partial charge in [-0.1, -0.05) is 30.3 Å². The fourth-order valence-electron chi connectivity index (χ4n) is 3.53. The van der Waals surface area contributed by atoms with Crippen molar-refractivity contribution in [3.8, 4) is 0 Å². The van der Waals surface area contributed by atoms with Gasteiger partial charge in [0.2, 0.25) is 0 Å². The van der Waals surface area contributed by atoms with E-state index in [1.165, 1.54) is 7.11 Å². The normalized spacial score (nSPS) is 27.2. The number of hydroxylamine groups is 1. The number of carbonyl (C=O) groups excluding carboxylic acids is 1. The Morgan fingerprint density at radius 3 is 2.64 bits per heavy atom. The van der Waals surface area contributed by atoms with Crippen molar-refractivity contribution in [2.75, 3.05) is 20.8 Å². The predicted octanol–water partition coefficient (Wildman–Crippen LogP) is 2.07. The standard InChI is InChI=1S/C17H19NO4/c1-21-12-8-13(17(19)22-2)16-14(10-18(20)15(16)9-12)11-6-4-3-5-7-11/h3-7,9,13-14,16H,8,10H2,1-2H3. The van der Waals surface area contributed by atoms with Crippen LogP contribution in [0.3, 0.4) is 0 Å². The summed E-state index contributed by atoms with van der Waals surface area (Å²) in [6, 6.07) is 9.86. The highest BCUT2D eigenvalue weighted by Crippen LogP contribution is 2.42. The van der Waals surface area contributed by atoms with Crippen molar-refractivity contribution in [1.82, 2.24) is 0 Å². The molecule has 0 fully saturated rings. The third kappa shape index (κ3) is 2.36. The molecule has 0 N–H and O–H groups in total. The Hall–Kier alpha value is -2.30. The zero-order chi connectivity index (χ0) is 15.7. The topological polar surface area (TPSA) is 61.6 Å². The molecule has 0 bridgehead atoms. The Balaban J connectivity index is 2.03. The third-order valence-corrected chi connectivity index (χ3v) is 4.58. The summed E-state index contributed by atoms with van der Waals surface area (Å²) in [5.41, 5.74) is 1.69. The van der Waals surface area contributed by atoms with Crippen LogP contribution in [-0.2, 0) is 14.3 Å². The molecule has 1 aromatic carbocycles. The fourth-order valence-corrected chi connectivity index (χ4v) is 3.53. The molecule has 5 heteroatoms. The van der Waals surface area contributed by atoms with Crippen molar-refractivity contribution in [3.05, 3.63) is 52.9 Å². The molecule has 22 heavy (non-hydrogen) atoms. The first-order valence-corrected chi connectivity index (χ1v) is 7.34. The fraction of sp³-hybridized carbons (Fsp3) is 0.412. The maximum Gasteiger partial charge on any atom is 0.310 e. The Morgan fingerprint density at radius 2 is 2.00 bits per heavy atom. The van der Waals surface area contributed by atoms with Gasteiger partial charge in [0.15, 0.2) is 12.3 Å². The van der Waals surface area contributed by atoms with E-state index in [1.807, 2.05) is 30.3 Å². The number of nitrogens with zero attached hydrogens (tertiary/aromatic N) is 1. The Labute approximate surface area is 129 Å². The first kappa shape index (κ1) is 14.6. The second kappa shape index (κ2) is 5.83. The van der Waals surface area contributed by atoms with E-state index in [4.69, 9.17) is 9.47 Å². The van der Waals surface area contributed by atoms with Crippen molar-refractivity contribution in [2.24, 2.45) is 11.8 Å². The minimum Gasteiger partial charge on any atom is -0.624 e.